The van der Waals surface area contributed by atoms with Gasteiger partial charge in [0.1, 0.15) is 0 Å². The van der Waals surface area contributed by atoms with E-state index in [-0.39, 0.29) is 11.0 Å². The molecular formula is C14H26N2O2. The lowest BCUT2D eigenvalue weighted by molar-refractivity contribution is -0.157. The zero-order valence-electron chi connectivity index (χ0n) is 11.9. The lowest BCUT2D eigenvalue weighted by atomic mass is 9.76. The minimum atomic E-state index is -0.203. The highest BCUT2D eigenvalue weighted by molar-refractivity contribution is 5.83. The maximum Gasteiger partial charge on any atom is 0.230 e. The molecule has 0 aromatic heterocycles. The second kappa shape index (κ2) is 5.17. The zero-order valence-corrected chi connectivity index (χ0v) is 11.9. The third kappa shape index (κ3) is 2.69. The van der Waals surface area contributed by atoms with Gasteiger partial charge in [0.25, 0.3) is 0 Å². The van der Waals surface area contributed by atoms with Crippen LogP contribution >= 0.6 is 0 Å². The molecule has 0 spiro atoms. The van der Waals surface area contributed by atoms with Gasteiger partial charge >= 0.3 is 0 Å². The van der Waals surface area contributed by atoms with Crippen LogP contribution in [0.3, 0.4) is 0 Å². The Morgan fingerprint density at radius 3 is 2.78 bits per heavy atom. The van der Waals surface area contributed by atoms with E-state index in [1.54, 1.807) is 0 Å². The van der Waals surface area contributed by atoms with Crippen LogP contribution in [0.2, 0.25) is 0 Å². The number of rotatable bonds is 2. The quantitative estimate of drug-likeness (QED) is 0.810. The van der Waals surface area contributed by atoms with E-state index in [0.29, 0.717) is 19.1 Å². The zero-order chi connectivity index (χ0) is 13.2. The van der Waals surface area contributed by atoms with E-state index >= 15 is 0 Å². The van der Waals surface area contributed by atoms with Crippen molar-refractivity contribution < 1.29 is 9.53 Å². The highest BCUT2D eigenvalue weighted by atomic mass is 16.5. The van der Waals surface area contributed by atoms with Crippen LogP contribution in [0.15, 0.2) is 0 Å². The second-order valence-electron chi connectivity index (χ2n) is 6.25. The molecule has 0 saturated carbocycles. The summed E-state index contributed by atoms with van der Waals surface area (Å²) in [6.07, 6.45) is 3.05. The number of carbonyl (C=O) groups excluding carboxylic acids is 1. The van der Waals surface area contributed by atoms with Crippen LogP contribution in [-0.2, 0) is 9.53 Å². The number of carbonyl (C=O) groups is 1. The van der Waals surface area contributed by atoms with E-state index in [4.69, 9.17) is 4.74 Å². The molecule has 4 nitrogen and oxygen atoms in total. The van der Waals surface area contributed by atoms with Crippen molar-refractivity contribution in [2.75, 3.05) is 32.8 Å². The summed E-state index contributed by atoms with van der Waals surface area (Å²) in [5, 5.41) is 3.39. The summed E-state index contributed by atoms with van der Waals surface area (Å²) in [6.45, 7) is 10.2. The van der Waals surface area contributed by atoms with Crippen molar-refractivity contribution in [1.29, 1.82) is 0 Å². The van der Waals surface area contributed by atoms with Gasteiger partial charge in [0, 0.05) is 19.6 Å². The summed E-state index contributed by atoms with van der Waals surface area (Å²) in [5.74, 6) is 0.327. The van der Waals surface area contributed by atoms with Crippen molar-refractivity contribution in [2.45, 2.75) is 45.6 Å². The van der Waals surface area contributed by atoms with Gasteiger partial charge in [-0.05, 0) is 39.7 Å². The van der Waals surface area contributed by atoms with E-state index in [9.17, 15) is 4.79 Å². The number of nitrogens with zero attached hydrogens (tertiary/aromatic N) is 1. The number of hydrogen-bond donors (Lipinski definition) is 1. The third-order valence-electron chi connectivity index (χ3n) is 4.32. The first kappa shape index (κ1) is 13.8. The molecule has 2 aliphatic heterocycles. The summed E-state index contributed by atoms with van der Waals surface area (Å²) in [4.78, 5) is 14.8. The lowest BCUT2D eigenvalue weighted by Crippen LogP contribution is -2.57. The fourth-order valence-electron chi connectivity index (χ4n) is 3.13. The maximum absolute atomic E-state index is 12.8. The topological polar surface area (TPSA) is 41.6 Å². The maximum atomic E-state index is 12.8. The molecule has 0 aromatic carbocycles. The van der Waals surface area contributed by atoms with Crippen LogP contribution in [0.1, 0.15) is 40.0 Å². The molecule has 0 aromatic rings. The second-order valence-corrected chi connectivity index (χ2v) is 6.25. The molecule has 0 radical (unpaired) electrons. The van der Waals surface area contributed by atoms with Crippen LogP contribution in [0.4, 0.5) is 0 Å². The first-order valence-electron chi connectivity index (χ1n) is 7.13. The average Bonchev–Trinajstić information content (AvgIpc) is 2.37. The van der Waals surface area contributed by atoms with Gasteiger partial charge in [-0.25, -0.2) is 0 Å². The van der Waals surface area contributed by atoms with E-state index < -0.39 is 0 Å². The predicted molar refractivity (Wildman–Crippen MR) is 71.4 cm³/mol. The Hall–Kier alpha value is -0.610. The Labute approximate surface area is 110 Å². The number of ether oxygens (including phenoxy) is 1. The minimum Gasteiger partial charge on any atom is -0.372 e. The molecule has 0 bridgehead atoms. The van der Waals surface area contributed by atoms with Gasteiger partial charge in [0.05, 0.1) is 17.6 Å². The van der Waals surface area contributed by atoms with Gasteiger partial charge < -0.3 is 15.0 Å². The standard InChI is InChI=1S/C14H26N2O2/c1-4-14(6-5-7-15-10-14)12(17)16-8-9-18-13(2,3)11-16/h15H,4-11H2,1-3H3. The van der Waals surface area contributed by atoms with Gasteiger partial charge in [-0.1, -0.05) is 6.92 Å². The largest absolute Gasteiger partial charge is 0.372 e. The van der Waals surface area contributed by atoms with E-state index in [0.717, 1.165) is 38.9 Å². The van der Waals surface area contributed by atoms with E-state index in [2.05, 4.69) is 26.1 Å². The van der Waals surface area contributed by atoms with Crippen LogP contribution < -0.4 is 5.32 Å². The first-order chi connectivity index (χ1) is 8.49. The highest BCUT2D eigenvalue weighted by Crippen LogP contribution is 2.33. The van der Waals surface area contributed by atoms with Gasteiger partial charge in [0.15, 0.2) is 0 Å². The van der Waals surface area contributed by atoms with E-state index in [1.165, 1.54) is 0 Å². The van der Waals surface area contributed by atoms with Crippen molar-refractivity contribution in [2.24, 2.45) is 5.41 Å². The SMILES string of the molecule is CCC1(C(=O)N2CCOC(C)(C)C2)CCCNC1. The molecule has 1 atom stereocenters. The molecule has 2 aliphatic rings. The number of nitrogens with one attached hydrogen (secondary N) is 1. The van der Waals surface area contributed by atoms with Crippen molar-refractivity contribution in [3.63, 3.8) is 0 Å². The number of hydrogen-bond acceptors (Lipinski definition) is 3. The Bertz CT molecular complexity index is 309. The fraction of sp³-hybridized carbons (Fsp3) is 0.929. The normalized spacial score (nSPS) is 32.3. The molecule has 2 rings (SSSR count). The molecule has 0 aliphatic carbocycles. The molecule has 1 N–H and O–H groups in total. The highest BCUT2D eigenvalue weighted by Gasteiger charge is 2.42. The summed E-state index contributed by atoms with van der Waals surface area (Å²) in [5.41, 5.74) is -0.378. The summed E-state index contributed by atoms with van der Waals surface area (Å²) in [6, 6.07) is 0. The molecule has 18 heavy (non-hydrogen) atoms. The van der Waals surface area contributed by atoms with Crippen molar-refractivity contribution in [3.8, 4) is 0 Å². The smallest absolute Gasteiger partial charge is 0.230 e. The Morgan fingerprint density at radius 1 is 1.44 bits per heavy atom. The van der Waals surface area contributed by atoms with Crippen LogP contribution in [0.25, 0.3) is 0 Å². The Balaban J connectivity index is 2.09. The van der Waals surface area contributed by atoms with Gasteiger partial charge in [-0.2, -0.15) is 0 Å². The van der Waals surface area contributed by atoms with Crippen molar-refractivity contribution in [3.05, 3.63) is 0 Å². The molecule has 2 fully saturated rings. The van der Waals surface area contributed by atoms with E-state index in [1.807, 2.05) is 4.90 Å². The number of piperidine rings is 1. The molecule has 1 amide bonds. The number of amides is 1. The third-order valence-corrected chi connectivity index (χ3v) is 4.32. The minimum absolute atomic E-state index is 0.175. The molecule has 2 heterocycles. The Morgan fingerprint density at radius 2 is 2.22 bits per heavy atom. The van der Waals surface area contributed by atoms with Crippen LogP contribution in [-0.4, -0.2) is 49.2 Å². The molecule has 4 heteroatoms. The van der Waals surface area contributed by atoms with Gasteiger partial charge in [0.2, 0.25) is 5.91 Å². The number of morpholine rings is 1. The molecular weight excluding hydrogens is 228 g/mol. The molecule has 1 unspecified atom stereocenters. The van der Waals surface area contributed by atoms with Crippen LogP contribution in [0.5, 0.6) is 0 Å². The average molecular weight is 254 g/mol. The van der Waals surface area contributed by atoms with Crippen molar-refractivity contribution >= 4 is 5.91 Å². The predicted octanol–water partition coefficient (Wildman–Crippen LogP) is 1.40. The Kier molecular flexibility index (Phi) is 3.97. The lowest BCUT2D eigenvalue weighted by Gasteiger charge is -2.44. The van der Waals surface area contributed by atoms with Crippen LogP contribution in [0, 0.1) is 5.41 Å². The fourth-order valence-corrected chi connectivity index (χ4v) is 3.13. The molecule has 2 saturated heterocycles. The summed E-state index contributed by atoms with van der Waals surface area (Å²) >= 11 is 0. The van der Waals surface area contributed by atoms with Gasteiger partial charge in [-0.15, -0.1) is 0 Å². The summed E-state index contributed by atoms with van der Waals surface area (Å²) < 4.78 is 5.69. The summed E-state index contributed by atoms with van der Waals surface area (Å²) in [7, 11) is 0. The monoisotopic (exact) mass is 254 g/mol. The first-order valence-corrected chi connectivity index (χ1v) is 7.13. The molecule has 104 valence electrons. The van der Waals surface area contributed by atoms with Crippen molar-refractivity contribution in [1.82, 2.24) is 10.2 Å². The van der Waals surface area contributed by atoms with Gasteiger partial charge in [-0.3, -0.25) is 4.79 Å².